The van der Waals surface area contributed by atoms with Crippen LogP contribution in [0.25, 0.3) is 27.5 Å². The van der Waals surface area contributed by atoms with Crippen molar-refractivity contribution in [2.24, 2.45) is 0 Å². The molecule has 0 unspecified atom stereocenters. The summed E-state index contributed by atoms with van der Waals surface area (Å²) in [6.45, 7) is 5.30. The van der Waals surface area contributed by atoms with E-state index in [4.69, 9.17) is 32.9 Å². The molecule has 234 valence electrons. The number of unbranched alkanes of at least 4 members (excludes halogenated alkanes) is 1. The van der Waals surface area contributed by atoms with Gasteiger partial charge in [-0.05, 0) is 67.1 Å². The fraction of sp³-hybridized carbons (Fsp3) is 0.273. The van der Waals surface area contributed by atoms with Gasteiger partial charge in [0, 0.05) is 53.2 Å². The SMILES string of the molecule is CCCCOC(=O)CN(c1ccc2c(ccn2-c2cccc3ccc(N4CCNCC4)nc23)c1)S(=O)(=O)c1cc(Cl)cc(Cl)c1. The van der Waals surface area contributed by atoms with Crippen molar-refractivity contribution in [3.8, 4) is 5.69 Å². The van der Waals surface area contributed by atoms with Gasteiger partial charge in [0.25, 0.3) is 10.0 Å². The van der Waals surface area contributed by atoms with Crippen LogP contribution in [0.3, 0.4) is 0 Å². The van der Waals surface area contributed by atoms with E-state index in [1.54, 1.807) is 12.1 Å². The number of fused-ring (bicyclic) bond motifs is 2. The van der Waals surface area contributed by atoms with Crippen LogP contribution in [-0.2, 0) is 19.6 Å². The highest BCUT2D eigenvalue weighted by molar-refractivity contribution is 7.92. The molecule has 0 atom stereocenters. The second-order valence-corrected chi connectivity index (χ2v) is 13.6. The highest BCUT2D eigenvalue weighted by atomic mass is 35.5. The lowest BCUT2D eigenvalue weighted by molar-refractivity contribution is -0.141. The second kappa shape index (κ2) is 13.3. The maximum absolute atomic E-state index is 14.0. The molecule has 1 aliphatic rings. The van der Waals surface area contributed by atoms with Gasteiger partial charge in [-0.2, -0.15) is 0 Å². The van der Waals surface area contributed by atoms with Gasteiger partial charge >= 0.3 is 5.97 Å². The lowest BCUT2D eigenvalue weighted by atomic mass is 10.1. The van der Waals surface area contributed by atoms with E-state index in [2.05, 4.69) is 22.3 Å². The number of nitrogens with one attached hydrogen (secondary N) is 1. The Balaban J connectivity index is 1.40. The van der Waals surface area contributed by atoms with Gasteiger partial charge in [-0.15, -0.1) is 0 Å². The van der Waals surface area contributed by atoms with Crippen molar-refractivity contribution in [1.82, 2.24) is 14.9 Å². The van der Waals surface area contributed by atoms with Crippen molar-refractivity contribution in [3.05, 3.63) is 89.0 Å². The zero-order valence-electron chi connectivity index (χ0n) is 24.7. The minimum absolute atomic E-state index is 0.124. The molecule has 0 amide bonds. The molecule has 1 N–H and O–H groups in total. The Morgan fingerprint density at radius 2 is 1.76 bits per heavy atom. The van der Waals surface area contributed by atoms with Crippen molar-refractivity contribution in [2.45, 2.75) is 24.7 Å². The Hall–Kier alpha value is -3.83. The van der Waals surface area contributed by atoms with Crippen molar-refractivity contribution >= 4 is 72.5 Å². The monoisotopic (exact) mass is 665 g/mol. The number of aromatic nitrogens is 2. The Bertz CT molecular complexity index is 1950. The van der Waals surface area contributed by atoms with E-state index < -0.39 is 22.5 Å². The van der Waals surface area contributed by atoms with Crippen molar-refractivity contribution in [2.75, 3.05) is 48.5 Å². The number of carbonyl (C=O) groups is 1. The third-order valence-corrected chi connectivity index (χ3v) is 9.99. The van der Waals surface area contributed by atoms with Gasteiger partial charge in [-0.1, -0.05) is 48.7 Å². The third kappa shape index (κ3) is 6.60. The molecular weight excluding hydrogens is 633 g/mol. The number of pyridine rings is 1. The molecular formula is C33H33Cl2N5O4S. The first kappa shape index (κ1) is 31.2. The van der Waals surface area contributed by atoms with Gasteiger partial charge in [0.2, 0.25) is 0 Å². The average molecular weight is 667 g/mol. The first-order valence-electron chi connectivity index (χ1n) is 14.9. The largest absolute Gasteiger partial charge is 0.464 e. The summed E-state index contributed by atoms with van der Waals surface area (Å²) in [5.74, 6) is 0.280. The summed E-state index contributed by atoms with van der Waals surface area (Å²) in [6.07, 6.45) is 3.46. The average Bonchev–Trinajstić information content (AvgIpc) is 3.46. The van der Waals surface area contributed by atoms with Crippen molar-refractivity contribution in [1.29, 1.82) is 0 Å². The topological polar surface area (TPSA) is 96.8 Å². The Kier molecular flexibility index (Phi) is 9.18. The smallest absolute Gasteiger partial charge is 0.326 e. The standard InChI is InChI=1S/C33H33Cl2N5O4S/c1-2-3-17-44-32(41)22-40(45(42,43)28-20-25(34)19-26(35)21-28)27-8-9-29-24(18-27)11-14-39(29)30-6-4-5-23-7-10-31(37-33(23)30)38-15-12-36-13-16-38/h4-11,14,18-21,36H,2-3,12-13,15-17,22H2,1H3. The minimum atomic E-state index is -4.25. The molecule has 0 radical (unpaired) electrons. The number of ether oxygens (including phenoxy) is 1. The molecule has 3 heterocycles. The summed E-state index contributed by atoms with van der Waals surface area (Å²) < 4.78 is 36.3. The fourth-order valence-electron chi connectivity index (χ4n) is 5.49. The van der Waals surface area contributed by atoms with E-state index in [0.717, 1.165) is 70.2 Å². The summed E-state index contributed by atoms with van der Waals surface area (Å²) in [5.41, 5.74) is 2.94. The van der Waals surface area contributed by atoms with Crippen LogP contribution in [0.2, 0.25) is 10.0 Å². The normalized spacial score (nSPS) is 13.8. The molecule has 45 heavy (non-hydrogen) atoms. The molecule has 2 aromatic heterocycles. The van der Waals surface area contributed by atoms with Crippen LogP contribution >= 0.6 is 23.2 Å². The van der Waals surface area contributed by atoms with Gasteiger partial charge in [-0.3, -0.25) is 9.10 Å². The van der Waals surface area contributed by atoms with Crippen LogP contribution in [0.15, 0.2) is 83.9 Å². The summed E-state index contributed by atoms with van der Waals surface area (Å²) >= 11 is 12.3. The van der Waals surface area contributed by atoms with Gasteiger partial charge in [0.05, 0.1) is 33.9 Å². The number of rotatable bonds is 10. The highest BCUT2D eigenvalue weighted by Crippen LogP contribution is 2.33. The molecule has 0 saturated carbocycles. The first-order chi connectivity index (χ1) is 21.7. The maximum Gasteiger partial charge on any atom is 0.326 e. The number of sulfonamides is 1. The van der Waals surface area contributed by atoms with E-state index in [1.165, 1.54) is 18.2 Å². The predicted molar refractivity (Wildman–Crippen MR) is 181 cm³/mol. The maximum atomic E-state index is 14.0. The summed E-state index contributed by atoms with van der Waals surface area (Å²) in [6, 6.07) is 21.5. The zero-order chi connectivity index (χ0) is 31.6. The lowest BCUT2D eigenvalue weighted by Gasteiger charge is -2.28. The van der Waals surface area contributed by atoms with Gasteiger partial charge < -0.3 is 19.5 Å². The molecule has 9 nitrogen and oxygen atoms in total. The van der Waals surface area contributed by atoms with Crippen LogP contribution in [-0.4, -0.2) is 63.3 Å². The van der Waals surface area contributed by atoms with E-state index >= 15 is 0 Å². The summed E-state index contributed by atoms with van der Waals surface area (Å²) in [4.78, 5) is 20.1. The van der Waals surface area contributed by atoms with E-state index in [0.29, 0.717) is 12.1 Å². The van der Waals surface area contributed by atoms with Gasteiger partial charge in [-0.25, -0.2) is 13.4 Å². The van der Waals surface area contributed by atoms with Crippen LogP contribution < -0.4 is 14.5 Å². The Labute approximate surface area is 272 Å². The molecule has 1 aliphatic heterocycles. The molecule has 1 saturated heterocycles. The fourth-order valence-corrected chi connectivity index (χ4v) is 7.62. The van der Waals surface area contributed by atoms with Crippen LogP contribution in [0.4, 0.5) is 11.5 Å². The molecule has 6 rings (SSSR count). The predicted octanol–water partition coefficient (Wildman–Crippen LogP) is 6.43. The lowest BCUT2D eigenvalue weighted by Crippen LogP contribution is -2.43. The molecule has 12 heteroatoms. The molecule has 1 fully saturated rings. The number of hydrogen-bond acceptors (Lipinski definition) is 7. The van der Waals surface area contributed by atoms with Crippen LogP contribution in [0, 0.1) is 0 Å². The van der Waals surface area contributed by atoms with E-state index in [9.17, 15) is 13.2 Å². The zero-order valence-corrected chi connectivity index (χ0v) is 27.1. The molecule has 3 aromatic carbocycles. The summed E-state index contributed by atoms with van der Waals surface area (Å²) in [5, 5.41) is 5.52. The number of esters is 1. The first-order valence-corrected chi connectivity index (χ1v) is 17.1. The van der Waals surface area contributed by atoms with E-state index in [-0.39, 0.29) is 21.5 Å². The van der Waals surface area contributed by atoms with Crippen LogP contribution in [0.5, 0.6) is 0 Å². The van der Waals surface area contributed by atoms with Gasteiger partial charge in [0.15, 0.2) is 0 Å². The second-order valence-electron chi connectivity index (χ2n) is 10.9. The van der Waals surface area contributed by atoms with E-state index in [1.807, 2.05) is 48.0 Å². The van der Waals surface area contributed by atoms with Crippen LogP contribution in [0.1, 0.15) is 19.8 Å². The highest BCUT2D eigenvalue weighted by Gasteiger charge is 2.29. The number of benzene rings is 3. The Morgan fingerprint density at radius 3 is 2.51 bits per heavy atom. The quantitative estimate of drug-likeness (QED) is 0.136. The minimum Gasteiger partial charge on any atom is -0.464 e. The van der Waals surface area contributed by atoms with Gasteiger partial charge in [0.1, 0.15) is 12.4 Å². The molecule has 0 aliphatic carbocycles. The van der Waals surface area contributed by atoms with Crippen molar-refractivity contribution < 1.29 is 17.9 Å². The number of halogens is 2. The third-order valence-electron chi connectivity index (χ3n) is 7.80. The Morgan fingerprint density at radius 1 is 0.978 bits per heavy atom. The summed E-state index contributed by atoms with van der Waals surface area (Å²) in [7, 11) is -4.25. The molecule has 0 bridgehead atoms. The number of anilines is 2. The molecule has 5 aromatic rings. The molecule has 0 spiro atoms. The van der Waals surface area contributed by atoms with Crippen molar-refractivity contribution in [3.63, 3.8) is 0 Å². The number of para-hydroxylation sites is 1. The number of nitrogens with zero attached hydrogens (tertiary/aromatic N) is 4. The number of piperazine rings is 1. The number of carbonyl (C=O) groups excluding carboxylic acids is 1. The number of hydrogen-bond donors (Lipinski definition) is 1.